The van der Waals surface area contributed by atoms with Gasteiger partial charge in [0.05, 0.1) is 13.2 Å². The van der Waals surface area contributed by atoms with E-state index in [2.05, 4.69) is 4.98 Å². The number of rotatable bonds is 4. The van der Waals surface area contributed by atoms with Crippen LogP contribution >= 0.6 is 0 Å². The van der Waals surface area contributed by atoms with Gasteiger partial charge in [0, 0.05) is 11.3 Å². The smallest absolute Gasteiger partial charge is 0.225 e. The minimum atomic E-state index is -0.108. The number of aliphatic hydroxyl groups is 2. The lowest BCUT2D eigenvalue weighted by atomic mass is 10.1. The van der Waals surface area contributed by atoms with Crippen molar-refractivity contribution in [1.29, 1.82) is 0 Å². The Morgan fingerprint density at radius 1 is 1.05 bits per heavy atom. The molecule has 4 heteroatoms. The van der Waals surface area contributed by atoms with E-state index in [1.807, 2.05) is 19.9 Å². The van der Waals surface area contributed by atoms with Gasteiger partial charge in [-0.2, -0.15) is 0 Å². The first-order chi connectivity index (χ1) is 9.13. The molecule has 100 valence electrons. The molecule has 0 saturated carbocycles. The predicted octanol–water partition coefficient (Wildman–Crippen LogP) is 2.48. The van der Waals surface area contributed by atoms with E-state index in [0.717, 1.165) is 16.8 Å². The lowest BCUT2D eigenvalue weighted by Crippen LogP contribution is -1.99. The summed E-state index contributed by atoms with van der Waals surface area (Å²) in [5.41, 5.74) is 3.31. The van der Waals surface area contributed by atoms with Crippen LogP contribution in [0.3, 0.4) is 0 Å². The summed E-state index contributed by atoms with van der Waals surface area (Å²) in [5, 5.41) is 18.4. The molecule has 1 aromatic heterocycles. The fraction of sp³-hybridized carbons (Fsp3) is 0.267. The molecule has 0 aliphatic rings. The van der Waals surface area contributed by atoms with E-state index in [9.17, 15) is 5.11 Å². The Labute approximate surface area is 112 Å². The van der Waals surface area contributed by atoms with Crippen LogP contribution < -0.4 is 4.74 Å². The molecule has 0 fully saturated rings. The van der Waals surface area contributed by atoms with E-state index in [1.165, 1.54) is 0 Å². The minimum absolute atomic E-state index is 0.00394. The number of ether oxygens (including phenoxy) is 1. The Balaban J connectivity index is 2.31. The lowest BCUT2D eigenvalue weighted by molar-refractivity contribution is 0.274. The van der Waals surface area contributed by atoms with E-state index in [4.69, 9.17) is 9.84 Å². The number of pyridine rings is 1. The summed E-state index contributed by atoms with van der Waals surface area (Å²) in [7, 11) is 0. The van der Waals surface area contributed by atoms with Gasteiger partial charge >= 0.3 is 0 Å². The lowest BCUT2D eigenvalue weighted by Gasteiger charge is -2.12. The maximum absolute atomic E-state index is 9.40. The summed E-state index contributed by atoms with van der Waals surface area (Å²) in [5.74, 6) is 1.06. The van der Waals surface area contributed by atoms with Crippen molar-refractivity contribution in [2.75, 3.05) is 0 Å². The van der Waals surface area contributed by atoms with Gasteiger partial charge in [0.25, 0.3) is 0 Å². The Hall–Kier alpha value is -1.91. The van der Waals surface area contributed by atoms with Crippen LogP contribution in [0.2, 0.25) is 0 Å². The topological polar surface area (TPSA) is 62.6 Å². The minimum Gasteiger partial charge on any atom is -0.439 e. The molecular formula is C15H17NO3. The molecule has 0 aliphatic heterocycles. The van der Waals surface area contributed by atoms with Crippen molar-refractivity contribution in [3.05, 3.63) is 52.7 Å². The molecule has 0 unspecified atom stereocenters. The molecule has 2 N–H and O–H groups in total. The highest BCUT2D eigenvalue weighted by atomic mass is 16.5. The van der Waals surface area contributed by atoms with Gasteiger partial charge < -0.3 is 14.9 Å². The average molecular weight is 259 g/mol. The van der Waals surface area contributed by atoms with Crippen LogP contribution in [0.25, 0.3) is 0 Å². The third-order valence-electron chi connectivity index (χ3n) is 2.92. The quantitative estimate of drug-likeness (QED) is 0.885. The van der Waals surface area contributed by atoms with Crippen molar-refractivity contribution in [2.24, 2.45) is 0 Å². The van der Waals surface area contributed by atoms with Crippen LogP contribution in [-0.2, 0) is 13.2 Å². The number of aryl methyl sites for hydroxylation is 2. The maximum atomic E-state index is 9.40. The monoisotopic (exact) mass is 259 g/mol. The van der Waals surface area contributed by atoms with Gasteiger partial charge in [-0.15, -0.1) is 0 Å². The maximum Gasteiger partial charge on any atom is 0.225 e. The average Bonchev–Trinajstić information content (AvgIpc) is 2.39. The second kappa shape index (κ2) is 5.82. The van der Waals surface area contributed by atoms with Crippen molar-refractivity contribution in [3.8, 4) is 11.6 Å². The van der Waals surface area contributed by atoms with Gasteiger partial charge in [0.1, 0.15) is 5.75 Å². The van der Waals surface area contributed by atoms with E-state index in [-0.39, 0.29) is 13.2 Å². The molecule has 0 aliphatic carbocycles. The van der Waals surface area contributed by atoms with Crippen molar-refractivity contribution < 1.29 is 14.9 Å². The zero-order valence-electron chi connectivity index (χ0n) is 11.1. The first-order valence-electron chi connectivity index (χ1n) is 6.09. The third kappa shape index (κ3) is 3.10. The number of hydrogen-bond donors (Lipinski definition) is 2. The second-order valence-electron chi connectivity index (χ2n) is 4.43. The molecule has 0 atom stereocenters. The van der Waals surface area contributed by atoms with Crippen molar-refractivity contribution in [2.45, 2.75) is 27.1 Å². The van der Waals surface area contributed by atoms with Crippen LogP contribution in [0.1, 0.15) is 22.4 Å². The van der Waals surface area contributed by atoms with Crippen LogP contribution in [0.4, 0.5) is 0 Å². The van der Waals surface area contributed by atoms with Crippen molar-refractivity contribution >= 4 is 0 Å². The summed E-state index contributed by atoms with van der Waals surface area (Å²) in [4.78, 5) is 4.31. The van der Waals surface area contributed by atoms with E-state index >= 15 is 0 Å². The fourth-order valence-corrected chi connectivity index (χ4v) is 1.88. The van der Waals surface area contributed by atoms with Gasteiger partial charge in [-0.3, -0.25) is 0 Å². The Bertz CT molecular complexity index is 564. The largest absolute Gasteiger partial charge is 0.439 e. The molecule has 19 heavy (non-hydrogen) atoms. The van der Waals surface area contributed by atoms with E-state index < -0.39 is 0 Å². The standard InChI is InChI=1S/C15H17NO3/c1-10-7-11(2)16-15(14(10)9-18)19-13-5-3-12(8-17)4-6-13/h3-7,17-18H,8-9H2,1-2H3. The number of benzene rings is 1. The first kappa shape index (κ1) is 13.5. The third-order valence-corrected chi connectivity index (χ3v) is 2.92. The highest BCUT2D eigenvalue weighted by Crippen LogP contribution is 2.26. The molecule has 0 bridgehead atoms. The summed E-state index contributed by atoms with van der Waals surface area (Å²) < 4.78 is 5.71. The fourth-order valence-electron chi connectivity index (χ4n) is 1.88. The zero-order valence-corrected chi connectivity index (χ0v) is 11.1. The second-order valence-corrected chi connectivity index (χ2v) is 4.43. The van der Waals surface area contributed by atoms with Crippen LogP contribution in [0.15, 0.2) is 30.3 Å². The molecule has 2 aromatic rings. The Kier molecular flexibility index (Phi) is 4.14. The SMILES string of the molecule is Cc1cc(C)c(CO)c(Oc2ccc(CO)cc2)n1. The normalized spacial score (nSPS) is 10.5. The van der Waals surface area contributed by atoms with Gasteiger partial charge in [-0.25, -0.2) is 4.98 Å². The predicted molar refractivity (Wildman–Crippen MR) is 72.1 cm³/mol. The molecule has 0 radical (unpaired) electrons. The van der Waals surface area contributed by atoms with Crippen LogP contribution in [0.5, 0.6) is 11.6 Å². The Morgan fingerprint density at radius 2 is 1.74 bits per heavy atom. The summed E-state index contributed by atoms with van der Waals surface area (Å²) in [6.45, 7) is 3.70. The molecule has 0 spiro atoms. The molecule has 2 rings (SSSR count). The van der Waals surface area contributed by atoms with Gasteiger partial charge in [-0.05, 0) is 43.2 Å². The molecule has 0 saturated heterocycles. The van der Waals surface area contributed by atoms with Crippen molar-refractivity contribution in [1.82, 2.24) is 4.98 Å². The molecule has 4 nitrogen and oxygen atoms in total. The van der Waals surface area contributed by atoms with E-state index in [1.54, 1.807) is 24.3 Å². The van der Waals surface area contributed by atoms with Crippen molar-refractivity contribution in [3.63, 3.8) is 0 Å². The highest BCUT2D eigenvalue weighted by molar-refractivity contribution is 5.39. The van der Waals surface area contributed by atoms with Crippen LogP contribution in [-0.4, -0.2) is 15.2 Å². The Morgan fingerprint density at radius 3 is 2.32 bits per heavy atom. The molecule has 1 heterocycles. The van der Waals surface area contributed by atoms with Gasteiger partial charge in [0.15, 0.2) is 0 Å². The highest BCUT2D eigenvalue weighted by Gasteiger charge is 2.10. The van der Waals surface area contributed by atoms with Crippen LogP contribution in [0, 0.1) is 13.8 Å². The van der Waals surface area contributed by atoms with Gasteiger partial charge in [0.2, 0.25) is 5.88 Å². The van der Waals surface area contributed by atoms with Gasteiger partial charge in [-0.1, -0.05) is 12.1 Å². The summed E-state index contributed by atoms with van der Waals surface area (Å²) in [6, 6.07) is 9.03. The summed E-state index contributed by atoms with van der Waals surface area (Å²) >= 11 is 0. The number of aliphatic hydroxyl groups excluding tert-OH is 2. The molecular weight excluding hydrogens is 242 g/mol. The zero-order chi connectivity index (χ0) is 13.8. The molecule has 0 amide bonds. The summed E-state index contributed by atoms with van der Waals surface area (Å²) in [6.07, 6.45) is 0. The number of nitrogens with zero attached hydrogens (tertiary/aromatic N) is 1. The molecule has 1 aromatic carbocycles. The van der Waals surface area contributed by atoms with E-state index in [0.29, 0.717) is 17.2 Å². The number of aromatic nitrogens is 1. The number of hydrogen-bond acceptors (Lipinski definition) is 4. The first-order valence-corrected chi connectivity index (χ1v) is 6.09.